The van der Waals surface area contributed by atoms with Gasteiger partial charge >= 0.3 is 5.97 Å². The third-order valence-electron chi connectivity index (χ3n) is 2.65. The van der Waals surface area contributed by atoms with E-state index in [2.05, 4.69) is 0 Å². The molecule has 1 aromatic heterocycles. The summed E-state index contributed by atoms with van der Waals surface area (Å²) < 4.78 is 29.4. The molecule has 2 rings (SSSR count). The van der Waals surface area contributed by atoms with Crippen molar-refractivity contribution in [1.29, 1.82) is 0 Å². The minimum absolute atomic E-state index is 0.339. The predicted molar refractivity (Wildman–Crippen MR) is 60.1 cm³/mol. The number of hydrogen-bond acceptors (Lipinski definition) is 5. The van der Waals surface area contributed by atoms with Gasteiger partial charge in [0, 0.05) is 18.9 Å². The lowest BCUT2D eigenvalue weighted by molar-refractivity contribution is -0.147. The molecule has 0 radical (unpaired) electrons. The van der Waals surface area contributed by atoms with E-state index in [4.69, 9.17) is 4.74 Å². The number of fused-ring (bicyclic) bond motifs is 1. The fourth-order valence-corrected chi connectivity index (χ4v) is 5.02. The van der Waals surface area contributed by atoms with Crippen molar-refractivity contribution in [2.24, 2.45) is 0 Å². The lowest BCUT2D eigenvalue weighted by atomic mass is 10.1. The highest BCUT2D eigenvalue weighted by Crippen LogP contribution is 2.41. The Labute approximate surface area is 98.2 Å². The molecule has 0 aromatic carbocycles. The normalized spacial score (nSPS) is 27.1. The lowest BCUT2D eigenvalue weighted by Crippen LogP contribution is -2.28. The van der Waals surface area contributed by atoms with Gasteiger partial charge < -0.3 is 4.74 Å². The van der Waals surface area contributed by atoms with Crippen LogP contribution in [-0.2, 0) is 19.4 Å². The number of sulfone groups is 1. The summed E-state index contributed by atoms with van der Waals surface area (Å²) in [4.78, 5) is 10.9. The summed E-state index contributed by atoms with van der Waals surface area (Å²) in [6.07, 6.45) is -0.0803. The predicted octanol–water partition coefficient (Wildman–Crippen LogP) is 1.92. The van der Waals surface area contributed by atoms with Gasteiger partial charge in [0.2, 0.25) is 0 Å². The second-order valence-electron chi connectivity index (χ2n) is 3.85. The standard InChI is InChI=1S/C10H12O4S2/c1-6-5-9(14-7(2)11)8-3-4-15-10(8)16(6,12)13/h3-4,6,9H,5H2,1-2H3. The van der Waals surface area contributed by atoms with Crippen LogP contribution in [0.25, 0.3) is 0 Å². The minimum atomic E-state index is -3.22. The highest BCUT2D eigenvalue weighted by atomic mass is 32.2. The fourth-order valence-electron chi connectivity index (χ4n) is 1.83. The number of rotatable bonds is 1. The molecule has 0 aliphatic carbocycles. The molecule has 1 aliphatic rings. The zero-order chi connectivity index (χ0) is 11.9. The Bertz CT molecular complexity index is 515. The molecule has 0 amide bonds. The summed E-state index contributed by atoms with van der Waals surface area (Å²) in [5.41, 5.74) is 0.623. The molecule has 1 aromatic rings. The maximum atomic E-state index is 12.0. The number of carbonyl (C=O) groups is 1. The Balaban J connectivity index is 2.46. The molecule has 16 heavy (non-hydrogen) atoms. The van der Waals surface area contributed by atoms with Gasteiger partial charge in [-0.3, -0.25) is 4.79 Å². The molecule has 1 aliphatic heterocycles. The van der Waals surface area contributed by atoms with Gasteiger partial charge in [0.15, 0.2) is 9.84 Å². The maximum Gasteiger partial charge on any atom is 0.303 e. The van der Waals surface area contributed by atoms with Crippen LogP contribution in [0.4, 0.5) is 0 Å². The van der Waals surface area contributed by atoms with Crippen LogP contribution < -0.4 is 0 Å². The SMILES string of the molecule is CC(=O)OC1CC(C)S(=O)(=O)c2sccc21. The molecule has 0 bridgehead atoms. The van der Waals surface area contributed by atoms with Crippen molar-refractivity contribution >= 4 is 27.1 Å². The number of hydrogen-bond donors (Lipinski definition) is 0. The minimum Gasteiger partial charge on any atom is -0.458 e. The van der Waals surface area contributed by atoms with Gasteiger partial charge in [-0.15, -0.1) is 11.3 Å². The molecule has 2 heterocycles. The molecular weight excluding hydrogens is 248 g/mol. The molecule has 2 unspecified atom stereocenters. The summed E-state index contributed by atoms with van der Waals surface area (Å²) in [5.74, 6) is -0.381. The van der Waals surface area contributed by atoms with Gasteiger partial charge in [-0.1, -0.05) is 0 Å². The third kappa shape index (κ3) is 1.76. The van der Waals surface area contributed by atoms with Gasteiger partial charge in [-0.05, 0) is 18.4 Å². The quantitative estimate of drug-likeness (QED) is 0.724. The highest BCUT2D eigenvalue weighted by molar-refractivity contribution is 7.94. The topological polar surface area (TPSA) is 60.4 Å². The molecule has 0 saturated heterocycles. The summed E-state index contributed by atoms with van der Waals surface area (Å²) in [7, 11) is -3.22. The zero-order valence-electron chi connectivity index (χ0n) is 8.97. The molecule has 0 saturated carbocycles. The highest BCUT2D eigenvalue weighted by Gasteiger charge is 2.38. The van der Waals surface area contributed by atoms with E-state index in [1.165, 1.54) is 18.3 Å². The second-order valence-corrected chi connectivity index (χ2v) is 7.33. The van der Waals surface area contributed by atoms with E-state index in [1.807, 2.05) is 0 Å². The van der Waals surface area contributed by atoms with E-state index in [9.17, 15) is 13.2 Å². The van der Waals surface area contributed by atoms with Crippen molar-refractivity contribution in [1.82, 2.24) is 0 Å². The van der Waals surface area contributed by atoms with Crippen LogP contribution in [0.5, 0.6) is 0 Å². The van der Waals surface area contributed by atoms with E-state index in [0.29, 0.717) is 16.2 Å². The van der Waals surface area contributed by atoms with E-state index < -0.39 is 21.2 Å². The van der Waals surface area contributed by atoms with Crippen LogP contribution in [-0.4, -0.2) is 19.6 Å². The van der Waals surface area contributed by atoms with Crippen LogP contribution in [0.1, 0.15) is 31.9 Å². The van der Waals surface area contributed by atoms with Crippen molar-refractivity contribution in [2.75, 3.05) is 0 Å². The van der Waals surface area contributed by atoms with E-state index in [1.54, 1.807) is 18.4 Å². The summed E-state index contributed by atoms with van der Waals surface area (Å²) in [6, 6.07) is 1.72. The van der Waals surface area contributed by atoms with E-state index in [0.717, 1.165) is 0 Å². The van der Waals surface area contributed by atoms with Crippen LogP contribution in [0, 0.1) is 0 Å². The Morgan fingerprint density at radius 3 is 2.88 bits per heavy atom. The van der Waals surface area contributed by atoms with Crippen LogP contribution in [0.15, 0.2) is 15.7 Å². The first-order chi connectivity index (χ1) is 7.43. The van der Waals surface area contributed by atoms with Crippen molar-refractivity contribution in [3.05, 3.63) is 17.0 Å². The zero-order valence-corrected chi connectivity index (χ0v) is 10.6. The third-order valence-corrected chi connectivity index (χ3v) is 6.36. The lowest BCUT2D eigenvalue weighted by Gasteiger charge is -2.26. The summed E-state index contributed by atoms with van der Waals surface area (Å²) in [6.45, 7) is 2.98. The first kappa shape index (κ1) is 11.6. The van der Waals surface area contributed by atoms with E-state index in [-0.39, 0.29) is 5.97 Å². The van der Waals surface area contributed by atoms with Crippen molar-refractivity contribution in [2.45, 2.75) is 35.8 Å². The van der Waals surface area contributed by atoms with E-state index >= 15 is 0 Å². The maximum absolute atomic E-state index is 12.0. The second kappa shape index (κ2) is 3.85. The number of carbonyl (C=O) groups excluding carboxylic acids is 1. The molecule has 2 atom stereocenters. The molecule has 0 N–H and O–H groups in total. The molecule has 4 nitrogen and oxygen atoms in total. The molecule has 0 fully saturated rings. The van der Waals surface area contributed by atoms with Gasteiger partial charge in [0.25, 0.3) is 0 Å². The van der Waals surface area contributed by atoms with Crippen molar-refractivity contribution < 1.29 is 17.9 Å². The Kier molecular flexibility index (Phi) is 2.79. The van der Waals surface area contributed by atoms with Crippen molar-refractivity contribution in [3.8, 4) is 0 Å². The van der Waals surface area contributed by atoms with Crippen LogP contribution in [0.3, 0.4) is 0 Å². The van der Waals surface area contributed by atoms with Crippen LogP contribution >= 0.6 is 11.3 Å². The Morgan fingerprint density at radius 1 is 1.56 bits per heavy atom. The van der Waals surface area contributed by atoms with Gasteiger partial charge in [-0.2, -0.15) is 0 Å². The molecule has 0 spiro atoms. The smallest absolute Gasteiger partial charge is 0.303 e. The average molecular weight is 260 g/mol. The molecular formula is C10H12O4S2. The summed E-state index contributed by atoms with van der Waals surface area (Å²) >= 11 is 1.19. The monoisotopic (exact) mass is 260 g/mol. The van der Waals surface area contributed by atoms with Crippen molar-refractivity contribution in [3.63, 3.8) is 0 Å². The Hall–Kier alpha value is -0.880. The molecule has 88 valence electrons. The Morgan fingerprint density at radius 2 is 2.25 bits per heavy atom. The first-order valence-corrected chi connectivity index (χ1v) is 7.34. The van der Waals surface area contributed by atoms with Gasteiger partial charge in [0.1, 0.15) is 10.3 Å². The number of esters is 1. The van der Waals surface area contributed by atoms with Gasteiger partial charge in [0.05, 0.1) is 5.25 Å². The first-order valence-electron chi connectivity index (χ1n) is 4.91. The number of ether oxygens (including phenoxy) is 1. The van der Waals surface area contributed by atoms with Gasteiger partial charge in [-0.25, -0.2) is 8.42 Å². The summed E-state index contributed by atoms with van der Waals surface area (Å²) in [5, 5.41) is 1.22. The van der Waals surface area contributed by atoms with Crippen LogP contribution in [0.2, 0.25) is 0 Å². The fraction of sp³-hybridized carbons (Fsp3) is 0.500. The largest absolute Gasteiger partial charge is 0.458 e. The molecule has 6 heteroatoms. The number of thiophene rings is 1. The average Bonchev–Trinajstić information content (AvgIpc) is 2.62.